The standard InChI is InChI=1S/C13H19BrF2N2O/c1-4-19-13(7(2)3)12(18-17)10-9(15)6-5-8(14)11(10)16/h5-7,12-13,18H,4,17H2,1-3H3. The highest BCUT2D eigenvalue weighted by Gasteiger charge is 2.31. The van der Waals surface area contributed by atoms with Gasteiger partial charge >= 0.3 is 0 Å². The lowest BCUT2D eigenvalue weighted by Crippen LogP contribution is -2.41. The second-order valence-electron chi connectivity index (χ2n) is 4.57. The van der Waals surface area contributed by atoms with Gasteiger partial charge < -0.3 is 4.74 Å². The Kier molecular flexibility index (Phi) is 6.32. The Bertz CT molecular complexity index is 429. The van der Waals surface area contributed by atoms with E-state index in [0.29, 0.717) is 6.61 Å². The molecule has 2 atom stereocenters. The van der Waals surface area contributed by atoms with E-state index >= 15 is 0 Å². The summed E-state index contributed by atoms with van der Waals surface area (Å²) in [4.78, 5) is 0. The predicted molar refractivity (Wildman–Crippen MR) is 74.4 cm³/mol. The average Bonchev–Trinajstić information content (AvgIpc) is 2.37. The van der Waals surface area contributed by atoms with Gasteiger partial charge in [0, 0.05) is 12.2 Å². The Morgan fingerprint density at radius 2 is 2.00 bits per heavy atom. The van der Waals surface area contributed by atoms with E-state index in [1.807, 2.05) is 20.8 Å². The number of hydrazine groups is 1. The highest BCUT2D eigenvalue weighted by Crippen LogP contribution is 2.31. The van der Waals surface area contributed by atoms with Crippen molar-refractivity contribution in [2.75, 3.05) is 6.61 Å². The third kappa shape index (κ3) is 3.72. The number of hydrogen-bond acceptors (Lipinski definition) is 3. The highest BCUT2D eigenvalue weighted by atomic mass is 79.9. The molecule has 108 valence electrons. The molecule has 1 aromatic carbocycles. The van der Waals surface area contributed by atoms with Gasteiger partial charge in [0.05, 0.1) is 16.6 Å². The zero-order valence-electron chi connectivity index (χ0n) is 11.2. The van der Waals surface area contributed by atoms with Crippen LogP contribution in [0.3, 0.4) is 0 Å². The summed E-state index contributed by atoms with van der Waals surface area (Å²) in [6, 6.07) is 1.78. The van der Waals surface area contributed by atoms with Gasteiger partial charge in [-0.15, -0.1) is 0 Å². The van der Waals surface area contributed by atoms with E-state index in [1.54, 1.807) is 0 Å². The summed E-state index contributed by atoms with van der Waals surface area (Å²) >= 11 is 3.05. The molecule has 0 radical (unpaired) electrons. The van der Waals surface area contributed by atoms with Crippen molar-refractivity contribution >= 4 is 15.9 Å². The van der Waals surface area contributed by atoms with Crippen LogP contribution in [0.2, 0.25) is 0 Å². The molecule has 0 bridgehead atoms. The minimum Gasteiger partial charge on any atom is -0.376 e. The molecule has 3 nitrogen and oxygen atoms in total. The molecule has 0 spiro atoms. The molecule has 0 aromatic heterocycles. The predicted octanol–water partition coefficient (Wildman–Crippen LogP) is 3.29. The third-order valence-corrected chi connectivity index (χ3v) is 3.53. The number of nitrogens with two attached hydrogens (primary N) is 1. The van der Waals surface area contributed by atoms with E-state index in [9.17, 15) is 8.78 Å². The Morgan fingerprint density at radius 1 is 1.37 bits per heavy atom. The van der Waals surface area contributed by atoms with Gasteiger partial charge in [-0.2, -0.15) is 0 Å². The summed E-state index contributed by atoms with van der Waals surface area (Å²) in [6.45, 7) is 6.10. The maximum atomic E-state index is 14.1. The van der Waals surface area contributed by atoms with Crippen LogP contribution < -0.4 is 11.3 Å². The van der Waals surface area contributed by atoms with Gasteiger partial charge in [-0.3, -0.25) is 11.3 Å². The Balaban J connectivity index is 3.25. The monoisotopic (exact) mass is 336 g/mol. The molecule has 2 unspecified atom stereocenters. The summed E-state index contributed by atoms with van der Waals surface area (Å²) in [5.74, 6) is 4.23. The quantitative estimate of drug-likeness (QED) is 0.476. The van der Waals surface area contributed by atoms with Crippen molar-refractivity contribution in [3.05, 3.63) is 33.8 Å². The molecule has 0 fully saturated rings. The van der Waals surface area contributed by atoms with Gasteiger partial charge in [-0.05, 0) is 40.9 Å². The summed E-state index contributed by atoms with van der Waals surface area (Å²) in [5.41, 5.74) is 2.36. The van der Waals surface area contributed by atoms with Gasteiger partial charge in [0.1, 0.15) is 11.6 Å². The molecule has 0 aliphatic carbocycles. The number of benzene rings is 1. The van der Waals surface area contributed by atoms with E-state index in [-0.39, 0.29) is 16.0 Å². The van der Waals surface area contributed by atoms with Crippen LogP contribution in [0.4, 0.5) is 8.78 Å². The molecule has 0 aliphatic heterocycles. The SMILES string of the molecule is CCOC(C(C)C)C(NN)c1c(F)ccc(Br)c1F. The molecule has 0 aliphatic rings. The maximum absolute atomic E-state index is 14.1. The maximum Gasteiger partial charge on any atom is 0.145 e. The summed E-state index contributed by atoms with van der Waals surface area (Å²) < 4.78 is 33.8. The van der Waals surface area contributed by atoms with Gasteiger partial charge in [0.2, 0.25) is 0 Å². The second-order valence-corrected chi connectivity index (χ2v) is 5.42. The lowest BCUT2D eigenvalue weighted by atomic mass is 9.93. The van der Waals surface area contributed by atoms with Crippen LogP contribution >= 0.6 is 15.9 Å². The molecular weight excluding hydrogens is 318 g/mol. The largest absolute Gasteiger partial charge is 0.376 e. The van der Waals surface area contributed by atoms with Gasteiger partial charge in [-0.1, -0.05) is 13.8 Å². The number of rotatable bonds is 6. The number of halogens is 3. The van der Waals surface area contributed by atoms with E-state index in [2.05, 4.69) is 21.4 Å². The normalized spacial score (nSPS) is 14.7. The second kappa shape index (κ2) is 7.28. The molecule has 19 heavy (non-hydrogen) atoms. The van der Waals surface area contributed by atoms with Crippen LogP contribution in [0.15, 0.2) is 16.6 Å². The minimum atomic E-state index is -0.752. The summed E-state index contributed by atoms with van der Waals surface area (Å²) in [7, 11) is 0. The van der Waals surface area contributed by atoms with Crippen LogP contribution in [0, 0.1) is 17.6 Å². The first-order valence-corrected chi connectivity index (χ1v) is 6.94. The Labute approximate surface area is 120 Å². The van der Waals surface area contributed by atoms with Crippen LogP contribution in [0.5, 0.6) is 0 Å². The summed E-state index contributed by atoms with van der Waals surface area (Å²) in [5, 5.41) is 0. The van der Waals surface area contributed by atoms with Crippen LogP contribution in [-0.4, -0.2) is 12.7 Å². The van der Waals surface area contributed by atoms with Gasteiger partial charge in [0.25, 0.3) is 0 Å². The molecule has 6 heteroatoms. The van der Waals surface area contributed by atoms with Crippen molar-refractivity contribution in [1.29, 1.82) is 0 Å². The van der Waals surface area contributed by atoms with Crippen molar-refractivity contribution < 1.29 is 13.5 Å². The molecular formula is C13H19BrF2N2O. The minimum absolute atomic E-state index is 0.0544. The number of hydrogen-bond donors (Lipinski definition) is 2. The molecule has 0 heterocycles. The Morgan fingerprint density at radius 3 is 2.47 bits per heavy atom. The first-order valence-electron chi connectivity index (χ1n) is 6.15. The fourth-order valence-corrected chi connectivity index (χ4v) is 2.38. The smallest absolute Gasteiger partial charge is 0.145 e. The van der Waals surface area contributed by atoms with E-state index in [1.165, 1.54) is 12.1 Å². The zero-order valence-corrected chi connectivity index (χ0v) is 12.8. The van der Waals surface area contributed by atoms with E-state index < -0.39 is 23.8 Å². The fourth-order valence-electron chi connectivity index (χ4n) is 2.04. The van der Waals surface area contributed by atoms with Crippen molar-refractivity contribution in [3.63, 3.8) is 0 Å². The molecule has 3 N–H and O–H groups in total. The van der Waals surface area contributed by atoms with Crippen molar-refractivity contribution in [2.45, 2.75) is 32.9 Å². The van der Waals surface area contributed by atoms with Gasteiger partial charge in [-0.25, -0.2) is 8.78 Å². The molecule has 1 rings (SSSR count). The van der Waals surface area contributed by atoms with Crippen LogP contribution in [0.25, 0.3) is 0 Å². The van der Waals surface area contributed by atoms with Crippen LogP contribution in [-0.2, 0) is 4.74 Å². The Hall–Kier alpha value is -0.560. The fraction of sp³-hybridized carbons (Fsp3) is 0.538. The lowest BCUT2D eigenvalue weighted by Gasteiger charge is -2.30. The molecule has 1 aromatic rings. The van der Waals surface area contributed by atoms with Gasteiger partial charge in [0.15, 0.2) is 0 Å². The summed E-state index contributed by atoms with van der Waals surface area (Å²) in [6.07, 6.45) is -0.423. The van der Waals surface area contributed by atoms with E-state index in [4.69, 9.17) is 10.6 Å². The van der Waals surface area contributed by atoms with Crippen molar-refractivity contribution in [1.82, 2.24) is 5.43 Å². The van der Waals surface area contributed by atoms with E-state index in [0.717, 1.165) is 0 Å². The first-order chi connectivity index (χ1) is 8.93. The molecule has 0 saturated carbocycles. The topological polar surface area (TPSA) is 47.3 Å². The first kappa shape index (κ1) is 16.5. The lowest BCUT2D eigenvalue weighted by molar-refractivity contribution is 0.00105. The van der Waals surface area contributed by atoms with Crippen molar-refractivity contribution in [3.8, 4) is 0 Å². The molecule has 0 saturated heterocycles. The zero-order chi connectivity index (χ0) is 14.6. The average molecular weight is 337 g/mol. The highest BCUT2D eigenvalue weighted by molar-refractivity contribution is 9.10. The number of nitrogens with one attached hydrogen (secondary N) is 1. The molecule has 0 amide bonds. The number of ether oxygens (including phenoxy) is 1. The van der Waals surface area contributed by atoms with Crippen LogP contribution in [0.1, 0.15) is 32.4 Å². The van der Waals surface area contributed by atoms with Crippen molar-refractivity contribution in [2.24, 2.45) is 11.8 Å². The third-order valence-electron chi connectivity index (χ3n) is 2.91.